The molecule has 2 heterocycles. The number of aromatic nitrogens is 3. The van der Waals surface area contributed by atoms with E-state index in [0.29, 0.717) is 23.7 Å². The van der Waals surface area contributed by atoms with Gasteiger partial charge in [-0.2, -0.15) is 0 Å². The lowest BCUT2D eigenvalue weighted by Crippen LogP contribution is -2.28. The molecule has 6 heteroatoms. The van der Waals surface area contributed by atoms with Crippen molar-refractivity contribution in [2.45, 2.75) is 69.4 Å². The Labute approximate surface area is 141 Å². The summed E-state index contributed by atoms with van der Waals surface area (Å²) in [4.78, 5) is 13.6. The van der Waals surface area contributed by atoms with Gasteiger partial charge in [0.1, 0.15) is 5.82 Å². The summed E-state index contributed by atoms with van der Waals surface area (Å²) in [5.41, 5.74) is 8.19. The highest BCUT2D eigenvalue weighted by atomic mass is 16.3. The van der Waals surface area contributed by atoms with E-state index in [2.05, 4.69) is 15.3 Å². The molecule has 2 aliphatic rings. The van der Waals surface area contributed by atoms with Crippen molar-refractivity contribution in [1.82, 2.24) is 15.0 Å². The molecule has 0 unspecified atom stereocenters. The molecular weight excluding hydrogens is 302 g/mol. The summed E-state index contributed by atoms with van der Waals surface area (Å²) in [5.74, 6) is 1.70. The van der Waals surface area contributed by atoms with Crippen molar-refractivity contribution in [2.75, 3.05) is 11.1 Å². The van der Waals surface area contributed by atoms with E-state index < -0.39 is 0 Å². The van der Waals surface area contributed by atoms with E-state index in [9.17, 15) is 5.11 Å². The number of hydrogen-bond acceptors (Lipinski definition) is 6. The fourth-order valence-corrected chi connectivity index (χ4v) is 4.07. The third-order valence-corrected chi connectivity index (χ3v) is 5.51. The maximum atomic E-state index is 9.64. The molecule has 6 nitrogen and oxygen atoms in total. The number of hydrogen-bond donors (Lipinski definition) is 3. The lowest BCUT2D eigenvalue weighted by atomic mass is 9.93. The van der Waals surface area contributed by atoms with Gasteiger partial charge in [-0.3, -0.25) is 0 Å². The van der Waals surface area contributed by atoms with Crippen LogP contribution in [0.5, 0.6) is 0 Å². The van der Waals surface area contributed by atoms with Gasteiger partial charge < -0.3 is 16.2 Å². The van der Waals surface area contributed by atoms with Gasteiger partial charge in [-0.05, 0) is 44.4 Å². The quantitative estimate of drug-likeness (QED) is 0.802. The SMILES string of the molecule is Nc1ncc(C2CCCC2)c2nc(NC3CCC(O)CC3)ncc12. The zero-order valence-electron chi connectivity index (χ0n) is 13.9. The highest BCUT2D eigenvalue weighted by Gasteiger charge is 2.23. The highest BCUT2D eigenvalue weighted by molar-refractivity contribution is 5.90. The molecule has 128 valence electrons. The van der Waals surface area contributed by atoms with E-state index in [1.54, 1.807) is 6.20 Å². The van der Waals surface area contributed by atoms with Crippen molar-refractivity contribution < 1.29 is 5.11 Å². The van der Waals surface area contributed by atoms with Crippen molar-refractivity contribution in [2.24, 2.45) is 0 Å². The number of pyridine rings is 1. The van der Waals surface area contributed by atoms with Gasteiger partial charge in [0, 0.05) is 24.0 Å². The highest BCUT2D eigenvalue weighted by Crippen LogP contribution is 2.37. The summed E-state index contributed by atoms with van der Waals surface area (Å²) in [5, 5.41) is 13.9. The van der Waals surface area contributed by atoms with Crippen molar-refractivity contribution in [1.29, 1.82) is 0 Å². The van der Waals surface area contributed by atoms with E-state index in [-0.39, 0.29) is 6.10 Å². The van der Waals surface area contributed by atoms with Crippen LogP contribution in [0.4, 0.5) is 11.8 Å². The molecule has 0 saturated heterocycles. The van der Waals surface area contributed by atoms with Crippen LogP contribution in [-0.2, 0) is 0 Å². The van der Waals surface area contributed by atoms with Crippen molar-refractivity contribution >= 4 is 22.7 Å². The maximum Gasteiger partial charge on any atom is 0.223 e. The number of nitrogens with one attached hydrogen (secondary N) is 1. The second kappa shape index (κ2) is 6.51. The number of nitrogen functional groups attached to an aromatic ring is 1. The monoisotopic (exact) mass is 327 g/mol. The Hall–Kier alpha value is -1.95. The first-order valence-corrected chi connectivity index (χ1v) is 9.06. The maximum absolute atomic E-state index is 9.64. The number of aliphatic hydroxyl groups is 1. The van der Waals surface area contributed by atoms with Crippen LogP contribution in [0.15, 0.2) is 12.4 Å². The summed E-state index contributed by atoms with van der Waals surface area (Å²) >= 11 is 0. The first kappa shape index (κ1) is 15.6. The zero-order valence-corrected chi connectivity index (χ0v) is 13.9. The Kier molecular flexibility index (Phi) is 4.22. The van der Waals surface area contributed by atoms with Gasteiger partial charge in [0.2, 0.25) is 5.95 Å². The fourth-order valence-electron chi connectivity index (χ4n) is 4.07. The van der Waals surface area contributed by atoms with Gasteiger partial charge >= 0.3 is 0 Å². The Morgan fingerprint density at radius 2 is 1.75 bits per heavy atom. The normalized spacial score (nSPS) is 25.2. The van der Waals surface area contributed by atoms with Crippen LogP contribution in [0.25, 0.3) is 10.9 Å². The van der Waals surface area contributed by atoms with Crippen LogP contribution in [0.1, 0.15) is 62.8 Å². The molecule has 2 aromatic rings. The van der Waals surface area contributed by atoms with E-state index in [0.717, 1.165) is 36.6 Å². The number of fused-ring (bicyclic) bond motifs is 1. The molecule has 0 aliphatic heterocycles. The number of nitrogens with two attached hydrogens (primary N) is 1. The van der Waals surface area contributed by atoms with E-state index in [1.807, 2.05) is 6.20 Å². The van der Waals surface area contributed by atoms with Gasteiger partial charge in [0.15, 0.2) is 0 Å². The molecular formula is C18H25N5O. The van der Waals surface area contributed by atoms with Crippen LogP contribution >= 0.6 is 0 Å². The third-order valence-electron chi connectivity index (χ3n) is 5.51. The van der Waals surface area contributed by atoms with Crippen LogP contribution in [0, 0.1) is 0 Å². The zero-order chi connectivity index (χ0) is 16.5. The van der Waals surface area contributed by atoms with Crippen molar-refractivity contribution in [3.05, 3.63) is 18.0 Å². The first-order valence-electron chi connectivity index (χ1n) is 9.06. The van der Waals surface area contributed by atoms with Gasteiger partial charge in [-0.25, -0.2) is 15.0 Å². The topological polar surface area (TPSA) is 97.0 Å². The van der Waals surface area contributed by atoms with Crippen LogP contribution in [-0.4, -0.2) is 32.2 Å². The molecule has 24 heavy (non-hydrogen) atoms. The van der Waals surface area contributed by atoms with Crippen LogP contribution in [0.2, 0.25) is 0 Å². The Morgan fingerprint density at radius 3 is 2.50 bits per heavy atom. The standard InChI is InChI=1S/C18H25N5O/c19-17-15-10-21-18(22-12-5-7-13(24)8-6-12)23-16(15)14(9-20-17)11-3-1-2-4-11/h9-13,24H,1-8H2,(H2,19,20)(H,21,22,23). The molecule has 0 radical (unpaired) electrons. The van der Waals surface area contributed by atoms with Crippen molar-refractivity contribution in [3.63, 3.8) is 0 Å². The van der Waals surface area contributed by atoms with Gasteiger partial charge in [0.25, 0.3) is 0 Å². The minimum Gasteiger partial charge on any atom is -0.393 e. The van der Waals surface area contributed by atoms with Gasteiger partial charge in [-0.15, -0.1) is 0 Å². The van der Waals surface area contributed by atoms with Gasteiger partial charge in [0.05, 0.1) is 17.0 Å². The minimum absolute atomic E-state index is 0.152. The number of aliphatic hydroxyl groups excluding tert-OH is 1. The molecule has 4 N–H and O–H groups in total. The Bertz CT molecular complexity index is 721. The molecule has 2 aromatic heterocycles. The smallest absolute Gasteiger partial charge is 0.223 e. The van der Waals surface area contributed by atoms with Crippen molar-refractivity contribution in [3.8, 4) is 0 Å². The molecule has 2 saturated carbocycles. The van der Waals surface area contributed by atoms with Crippen LogP contribution < -0.4 is 11.1 Å². The van der Waals surface area contributed by atoms with E-state index in [4.69, 9.17) is 10.7 Å². The summed E-state index contributed by atoms with van der Waals surface area (Å²) in [6.45, 7) is 0. The van der Waals surface area contributed by atoms with Crippen LogP contribution in [0.3, 0.4) is 0 Å². The average molecular weight is 327 g/mol. The predicted octanol–water partition coefficient (Wildman–Crippen LogP) is 2.98. The predicted molar refractivity (Wildman–Crippen MR) is 94.8 cm³/mol. The molecule has 2 fully saturated rings. The first-order chi connectivity index (χ1) is 11.7. The number of nitrogens with zero attached hydrogens (tertiary/aromatic N) is 3. The second-order valence-corrected chi connectivity index (χ2v) is 7.19. The number of anilines is 2. The molecule has 4 rings (SSSR count). The summed E-state index contributed by atoms with van der Waals surface area (Å²) < 4.78 is 0. The molecule has 0 spiro atoms. The molecule has 0 aromatic carbocycles. The lowest BCUT2D eigenvalue weighted by molar-refractivity contribution is 0.126. The molecule has 0 atom stereocenters. The van der Waals surface area contributed by atoms with E-state index in [1.165, 1.54) is 31.2 Å². The minimum atomic E-state index is -0.152. The van der Waals surface area contributed by atoms with E-state index >= 15 is 0 Å². The summed E-state index contributed by atoms with van der Waals surface area (Å²) in [6.07, 6.45) is 12.1. The molecule has 2 aliphatic carbocycles. The summed E-state index contributed by atoms with van der Waals surface area (Å²) in [6, 6.07) is 0.333. The third kappa shape index (κ3) is 3.02. The largest absolute Gasteiger partial charge is 0.393 e. The molecule has 0 amide bonds. The second-order valence-electron chi connectivity index (χ2n) is 7.19. The average Bonchev–Trinajstić information content (AvgIpc) is 3.12. The number of rotatable bonds is 3. The Balaban J connectivity index is 1.64. The lowest BCUT2D eigenvalue weighted by Gasteiger charge is -2.26. The van der Waals surface area contributed by atoms with Gasteiger partial charge in [-0.1, -0.05) is 12.8 Å². The fraction of sp³-hybridized carbons (Fsp3) is 0.611. The summed E-state index contributed by atoms with van der Waals surface area (Å²) in [7, 11) is 0. The Morgan fingerprint density at radius 1 is 1.00 bits per heavy atom. The molecule has 0 bridgehead atoms.